The summed E-state index contributed by atoms with van der Waals surface area (Å²) < 4.78 is 0. The molecule has 0 spiro atoms. The molecule has 1 heteroatoms. The van der Waals surface area contributed by atoms with Crippen molar-refractivity contribution in [2.45, 2.75) is 67.3 Å². The Kier molecular flexibility index (Phi) is 7.30. The largest absolute Gasteiger partial charge is 0.328 e. The third kappa shape index (κ3) is 4.08. The van der Waals surface area contributed by atoms with Crippen LogP contribution in [-0.4, -0.2) is 6.04 Å². The van der Waals surface area contributed by atoms with Gasteiger partial charge in [0.2, 0.25) is 0 Å². The lowest BCUT2D eigenvalue weighted by molar-refractivity contribution is 0.126. The summed E-state index contributed by atoms with van der Waals surface area (Å²) in [6.45, 7) is 16.2. The normalized spacial score (nSPS) is 21.6. The minimum atomic E-state index is 0.318. The lowest BCUT2D eigenvalue weighted by Crippen LogP contribution is -2.36. The highest BCUT2D eigenvalue weighted by Crippen LogP contribution is 2.36. The van der Waals surface area contributed by atoms with E-state index < -0.39 is 0 Å². The summed E-state index contributed by atoms with van der Waals surface area (Å²) >= 11 is 0. The van der Waals surface area contributed by atoms with Crippen LogP contribution in [0.3, 0.4) is 0 Å². The van der Waals surface area contributed by atoms with Crippen molar-refractivity contribution in [3.05, 3.63) is 0 Å². The first-order chi connectivity index (χ1) is 7.36. The summed E-state index contributed by atoms with van der Waals surface area (Å²) in [4.78, 5) is 0. The molecular formula is C15H33N. The fourth-order valence-corrected chi connectivity index (χ4v) is 3.01. The molecule has 0 heterocycles. The molecule has 0 aliphatic carbocycles. The van der Waals surface area contributed by atoms with Crippen LogP contribution in [0.25, 0.3) is 0 Å². The predicted octanol–water partition coefficient (Wildman–Crippen LogP) is 4.31. The van der Waals surface area contributed by atoms with Crippen molar-refractivity contribution in [2.24, 2.45) is 35.3 Å². The molecule has 0 aliphatic heterocycles. The van der Waals surface area contributed by atoms with Gasteiger partial charge in [0.05, 0.1) is 0 Å². The summed E-state index contributed by atoms with van der Waals surface area (Å²) in [6.07, 6.45) is 2.55. The fourth-order valence-electron chi connectivity index (χ4n) is 3.01. The zero-order valence-electron chi connectivity index (χ0n) is 12.5. The lowest BCUT2D eigenvalue weighted by Gasteiger charge is -2.38. The first-order valence-electron chi connectivity index (χ1n) is 7.12. The van der Waals surface area contributed by atoms with E-state index in [1.165, 1.54) is 12.8 Å². The summed E-state index contributed by atoms with van der Waals surface area (Å²) in [5, 5.41) is 0. The Morgan fingerprint density at radius 3 is 1.38 bits per heavy atom. The Morgan fingerprint density at radius 2 is 1.12 bits per heavy atom. The molecule has 0 aromatic heterocycles. The van der Waals surface area contributed by atoms with E-state index in [1.54, 1.807) is 0 Å². The molecule has 0 rings (SSSR count). The lowest BCUT2D eigenvalue weighted by atomic mass is 9.69. The molecule has 0 fully saturated rings. The van der Waals surface area contributed by atoms with Crippen molar-refractivity contribution < 1.29 is 0 Å². The van der Waals surface area contributed by atoms with E-state index in [2.05, 4.69) is 48.5 Å². The van der Waals surface area contributed by atoms with E-state index in [1.807, 2.05) is 0 Å². The molecule has 2 N–H and O–H groups in total. The maximum atomic E-state index is 6.08. The highest BCUT2D eigenvalue weighted by atomic mass is 14.6. The molecule has 0 amide bonds. The molecule has 0 saturated heterocycles. The maximum absolute atomic E-state index is 6.08. The smallest absolute Gasteiger partial charge is 0.00388 e. The SMILES string of the molecule is CCC(C(C)C(C)C)C(CC)C(C)C(C)N. The number of hydrogen-bond donors (Lipinski definition) is 1. The van der Waals surface area contributed by atoms with Gasteiger partial charge in [-0.05, 0) is 36.5 Å². The van der Waals surface area contributed by atoms with Gasteiger partial charge in [-0.3, -0.25) is 0 Å². The maximum Gasteiger partial charge on any atom is 0.00388 e. The van der Waals surface area contributed by atoms with Crippen LogP contribution < -0.4 is 5.73 Å². The molecule has 0 aliphatic rings. The van der Waals surface area contributed by atoms with Gasteiger partial charge in [-0.1, -0.05) is 54.4 Å². The van der Waals surface area contributed by atoms with Crippen LogP contribution in [0.1, 0.15) is 61.3 Å². The van der Waals surface area contributed by atoms with E-state index in [-0.39, 0.29) is 0 Å². The van der Waals surface area contributed by atoms with Gasteiger partial charge in [-0.2, -0.15) is 0 Å². The Morgan fingerprint density at radius 1 is 0.750 bits per heavy atom. The average Bonchev–Trinajstić information content (AvgIpc) is 2.23. The minimum absolute atomic E-state index is 0.318. The monoisotopic (exact) mass is 227 g/mol. The van der Waals surface area contributed by atoms with Crippen LogP contribution in [0.2, 0.25) is 0 Å². The third-order valence-electron chi connectivity index (χ3n) is 4.72. The molecule has 0 bridgehead atoms. The highest BCUT2D eigenvalue weighted by Gasteiger charge is 2.30. The second-order valence-corrected chi connectivity index (χ2v) is 5.97. The molecule has 0 aromatic carbocycles. The second-order valence-electron chi connectivity index (χ2n) is 5.97. The zero-order valence-corrected chi connectivity index (χ0v) is 12.5. The van der Waals surface area contributed by atoms with Crippen molar-refractivity contribution in [1.82, 2.24) is 0 Å². The second kappa shape index (κ2) is 7.32. The van der Waals surface area contributed by atoms with Gasteiger partial charge in [0.15, 0.2) is 0 Å². The predicted molar refractivity (Wildman–Crippen MR) is 74.4 cm³/mol. The Balaban J connectivity index is 4.74. The van der Waals surface area contributed by atoms with Crippen molar-refractivity contribution in [3.63, 3.8) is 0 Å². The van der Waals surface area contributed by atoms with Crippen LogP contribution in [0.15, 0.2) is 0 Å². The minimum Gasteiger partial charge on any atom is -0.328 e. The summed E-state index contributed by atoms with van der Waals surface area (Å²) in [6, 6.07) is 0.318. The van der Waals surface area contributed by atoms with E-state index >= 15 is 0 Å². The van der Waals surface area contributed by atoms with Crippen molar-refractivity contribution >= 4 is 0 Å². The van der Waals surface area contributed by atoms with Gasteiger partial charge in [-0.25, -0.2) is 0 Å². The van der Waals surface area contributed by atoms with Crippen molar-refractivity contribution in [3.8, 4) is 0 Å². The van der Waals surface area contributed by atoms with E-state index in [9.17, 15) is 0 Å². The first-order valence-corrected chi connectivity index (χ1v) is 7.12. The van der Waals surface area contributed by atoms with Crippen LogP contribution in [0, 0.1) is 29.6 Å². The Bertz CT molecular complexity index is 154. The Labute approximate surface area is 103 Å². The van der Waals surface area contributed by atoms with Crippen molar-refractivity contribution in [2.75, 3.05) is 0 Å². The van der Waals surface area contributed by atoms with Gasteiger partial charge >= 0.3 is 0 Å². The van der Waals surface area contributed by atoms with E-state index in [4.69, 9.17) is 5.73 Å². The standard InChI is InChI=1S/C15H33N/c1-8-14(11(5)10(3)4)15(9-2)12(6)13(7)16/h10-15H,8-9,16H2,1-7H3. The van der Waals surface area contributed by atoms with Crippen LogP contribution >= 0.6 is 0 Å². The number of rotatable bonds is 7. The van der Waals surface area contributed by atoms with Crippen molar-refractivity contribution in [1.29, 1.82) is 0 Å². The molecule has 16 heavy (non-hydrogen) atoms. The van der Waals surface area contributed by atoms with Gasteiger partial charge in [-0.15, -0.1) is 0 Å². The summed E-state index contributed by atoms with van der Waals surface area (Å²) in [7, 11) is 0. The average molecular weight is 227 g/mol. The van der Waals surface area contributed by atoms with Gasteiger partial charge in [0.25, 0.3) is 0 Å². The molecule has 98 valence electrons. The molecule has 5 atom stereocenters. The van der Waals surface area contributed by atoms with Crippen LogP contribution in [0.4, 0.5) is 0 Å². The van der Waals surface area contributed by atoms with Gasteiger partial charge in [0, 0.05) is 6.04 Å². The van der Waals surface area contributed by atoms with Crippen LogP contribution in [0.5, 0.6) is 0 Å². The zero-order chi connectivity index (χ0) is 12.9. The Hall–Kier alpha value is -0.0400. The van der Waals surface area contributed by atoms with Gasteiger partial charge in [0.1, 0.15) is 0 Å². The first kappa shape index (κ1) is 16.0. The topological polar surface area (TPSA) is 26.0 Å². The van der Waals surface area contributed by atoms with Gasteiger partial charge < -0.3 is 5.73 Å². The molecule has 0 aromatic rings. The number of nitrogens with two attached hydrogens (primary N) is 1. The third-order valence-corrected chi connectivity index (χ3v) is 4.72. The molecule has 0 saturated carbocycles. The molecule has 5 unspecified atom stereocenters. The van der Waals surface area contributed by atoms with Crippen LogP contribution in [-0.2, 0) is 0 Å². The molecule has 0 radical (unpaired) electrons. The summed E-state index contributed by atoms with van der Waals surface area (Å²) in [5.74, 6) is 3.82. The van der Waals surface area contributed by atoms with E-state index in [0.29, 0.717) is 12.0 Å². The molecule has 1 nitrogen and oxygen atoms in total. The number of hydrogen-bond acceptors (Lipinski definition) is 1. The highest BCUT2D eigenvalue weighted by molar-refractivity contribution is 4.81. The molecular weight excluding hydrogens is 194 g/mol. The van der Waals surface area contributed by atoms with E-state index in [0.717, 1.165) is 23.7 Å². The summed E-state index contributed by atoms with van der Waals surface area (Å²) in [5.41, 5.74) is 6.08. The quantitative estimate of drug-likeness (QED) is 0.689. The fraction of sp³-hybridized carbons (Fsp3) is 1.00.